The highest BCUT2D eigenvalue weighted by Crippen LogP contribution is 2.39. The van der Waals surface area contributed by atoms with Gasteiger partial charge in [0, 0.05) is 36.5 Å². The highest BCUT2D eigenvalue weighted by Gasteiger charge is 2.34. The summed E-state index contributed by atoms with van der Waals surface area (Å²) in [5.74, 6) is -1.50. The van der Waals surface area contributed by atoms with Gasteiger partial charge >= 0.3 is 5.97 Å². The number of esters is 1. The Kier molecular flexibility index (Phi) is 20.6. The van der Waals surface area contributed by atoms with Crippen molar-refractivity contribution in [2.24, 2.45) is 0 Å². The summed E-state index contributed by atoms with van der Waals surface area (Å²) in [6.07, 6.45) is 22.4. The number of fused-ring (bicyclic) bond motifs is 1. The molecule has 1 aliphatic rings. The first-order chi connectivity index (χ1) is 28.1. The van der Waals surface area contributed by atoms with Crippen LogP contribution in [0.5, 0.6) is 0 Å². The standard InChI is InChI=1S/C50H71FN4O4/c1-11-54(12-2)31-30-52-49(57)48-40(9)45(53-41(48)10)33-44-43-32-42(51)27-28-46(43)55(50(44)58)34-59-47(56)29-26-39(8)25-17-23-37(6)20-14-13-19-36(5)22-16-24-38(7)21-15-18-35(3)4/h18-20,24-25,27-28,32-33,53H,11-17,21-23,26,29-31,34H2,1-10H3,(H,52,57)/b36-19+,37-20+,38-24+,39-25+,44-33-. The van der Waals surface area contributed by atoms with Gasteiger partial charge in [-0.3, -0.25) is 19.3 Å². The van der Waals surface area contributed by atoms with Gasteiger partial charge in [-0.2, -0.15) is 0 Å². The molecule has 9 heteroatoms. The lowest BCUT2D eigenvalue weighted by atomic mass is 10.0. The minimum absolute atomic E-state index is 0.190. The number of nitrogens with zero attached hydrogens (tertiary/aromatic N) is 2. The van der Waals surface area contributed by atoms with Crippen molar-refractivity contribution in [3.8, 4) is 0 Å². The summed E-state index contributed by atoms with van der Waals surface area (Å²) in [5, 5.41) is 3.00. The highest BCUT2D eigenvalue weighted by atomic mass is 19.1. The van der Waals surface area contributed by atoms with Crippen molar-refractivity contribution in [3.63, 3.8) is 0 Å². The van der Waals surface area contributed by atoms with Crippen molar-refractivity contribution in [2.75, 3.05) is 37.8 Å². The van der Waals surface area contributed by atoms with Crippen molar-refractivity contribution < 1.29 is 23.5 Å². The zero-order chi connectivity index (χ0) is 43.5. The summed E-state index contributed by atoms with van der Waals surface area (Å²) in [6.45, 7) is 23.6. The average Bonchev–Trinajstić information content (AvgIpc) is 3.62. The lowest BCUT2D eigenvalue weighted by molar-refractivity contribution is -0.143. The molecule has 2 N–H and O–H groups in total. The van der Waals surface area contributed by atoms with Gasteiger partial charge in [0.05, 0.1) is 16.8 Å². The minimum Gasteiger partial charge on any atom is -0.444 e. The molecule has 0 aliphatic carbocycles. The summed E-state index contributed by atoms with van der Waals surface area (Å²) in [4.78, 5) is 46.6. The molecule has 0 bridgehead atoms. The molecule has 8 nitrogen and oxygen atoms in total. The van der Waals surface area contributed by atoms with Crippen LogP contribution < -0.4 is 10.2 Å². The van der Waals surface area contributed by atoms with Crippen molar-refractivity contribution in [3.05, 3.63) is 110 Å². The number of hydrogen-bond donors (Lipinski definition) is 2. The molecule has 0 unspecified atom stereocenters. The number of ether oxygens (including phenoxy) is 1. The van der Waals surface area contributed by atoms with E-state index in [1.54, 1.807) is 6.08 Å². The summed E-state index contributed by atoms with van der Waals surface area (Å²) in [5.41, 5.74) is 10.4. The van der Waals surface area contributed by atoms with Gasteiger partial charge in [-0.15, -0.1) is 0 Å². The van der Waals surface area contributed by atoms with Gasteiger partial charge in [0.1, 0.15) is 5.82 Å². The van der Waals surface area contributed by atoms with Crippen LogP contribution in [0.2, 0.25) is 0 Å². The number of benzene rings is 1. The van der Waals surface area contributed by atoms with E-state index in [1.165, 1.54) is 45.4 Å². The van der Waals surface area contributed by atoms with Gasteiger partial charge in [0.2, 0.25) is 0 Å². The molecule has 0 radical (unpaired) electrons. The van der Waals surface area contributed by atoms with E-state index in [4.69, 9.17) is 4.74 Å². The zero-order valence-corrected chi connectivity index (χ0v) is 37.7. The molecule has 1 aliphatic heterocycles. The van der Waals surface area contributed by atoms with Gasteiger partial charge < -0.3 is 19.9 Å². The Balaban J connectivity index is 1.48. The molecule has 3 rings (SSSR count). The number of likely N-dealkylation sites (N-methyl/N-ethyl adjacent to an activating group) is 1. The van der Waals surface area contributed by atoms with Gasteiger partial charge in [0.15, 0.2) is 6.73 Å². The van der Waals surface area contributed by atoms with E-state index in [0.717, 1.165) is 76.6 Å². The third-order valence-electron chi connectivity index (χ3n) is 11.0. The van der Waals surface area contributed by atoms with Crippen molar-refractivity contribution in [1.29, 1.82) is 0 Å². The fourth-order valence-corrected chi connectivity index (χ4v) is 7.21. The number of hydrogen-bond acceptors (Lipinski definition) is 5. The summed E-state index contributed by atoms with van der Waals surface area (Å²) in [7, 11) is 0. The van der Waals surface area contributed by atoms with Crippen molar-refractivity contribution >= 4 is 35.1 Å². The van der Waals surface area contributed by atoms with E-state index in [9.17, 15) is 18.8 Å². The van der Waals surface area contributed by atoms with E-state index in [1.807, 2.05) is 20.8 Å². The summed E-state index contributed by atoms with van der Waals surface area (Å²) in [6, 6.07) is 4.12. The molecular formula is C50H71FN4O4. The molecule has 1 aromatic heterocycles. The molecule has 2 heterocycles. The van der Waals surface area contributed by atoms with Gasteiger partial charge in [-0.05, 0) is 156 Å². The Morgan fingerprint density at radius 2 is 1.36 bits per heavy atom. The number of allylic oxidation sites excluding steroid dienone is 10. The van der Waals surface area contributed by atoms with Crippen LogP contribution in [0, 0.1) is 19.7 Å². The molecule has 0 spiro atoms. The first-order valence-corrected chi connectivity index (χ1v) is 21.6. The number of carbonyl (C=O) groups is 3. The SMILES string of the molecule is CCN(CC)CCNC(=O)c1c(C)[nH]c(/C=C2\C(=O)N(COC(=O)CC/C(C)=C/CC/C(C)=C/CC/C=C(\C)CC/C=C(\C)CCC=C(C)C)c3ccc(F)cc32)c1C. The van der Waals surface area contributed by atoms with Crippen LogP contribution in [-0.4, -0.2) is 60.6 Å². The maximum Gasteiger partial charge on any atom is 0.307 e. The molecule has 59 heavy (non-hydrogen) atoms. The number of anilines is 1. The third-order valence-corrected chi connectivity index (χ3v) is 11.0. The van der Waals surface area contributed by atoms with E-state index in [0.29, 0.717) is 46.7 Å². The molecule has 0 fully saturated rings. The number of aryl methyl sites for hydroxylation is 1. The normalized spacial score (nSPS) is 14.4. The van der Waals surface area contributed by atoms with Gasteiger partial charge in [0.25, 0.3) is 11.8 Å². The Bertz CT molecular complexity index is 1930. The Morgan fingerprint density at radius 3 is 1.93 bits per heavy atom. The summed E-state index contributed by atoms with van der Waals surface area (Å²) < 4.78 is 20.1. The average molecular weight is 811 g/mol. The number of nitrogens with one attached hydrogen (secondary N) is 2. The molecular weight excluding hydrogens is 740 g/mol. The van der Waals surface area contributed by atoms with Crippen LogP contribution >= 0.6 is 0 Å². The first kappa shape index (κ1) is 48.6. The van der Waals surface area contributed by atoms with Crippen molar-refractivity contribution in [2.45, 2.75) is 133 Å². The fourth-order valence-electron chi connectivity index (χ4n) is 7.21. The molecule has 1 aromatic carbocycles. The van der Waals surface area contributed by atoms with E-state index in [2.05, 4.69) is 94.0 Å². The third kappa shape index (κ3) is 16.1. The maximum absolute atomic E-state index is 14.5. The predicted molar refractivity (Wildman–Crippen MR) is 244 cm³/mol. The van der Waals surface area contributed by atoms with E-state index < -0.39 is 17.7 Å². The molecule has 0 saturated carbocycles. The highest BCUT2D eigenvalue weighted by molar-refractivity contribution is 6.35. The molecule has 2 amide bonds. The van der Waals surface area contributed by atoms with Gasteiger partial charge in [-0.1, -0.05) is 72.1 Å². The Labute approximate surface area is 354 Å². The van der Waals surface area contributed by atoms with Crippen LogP contribution in [0.4, 0.5) is 10.1 Å². The lowest BCUT2D eigenvalue weighted by Crippen LogP contribution is -2.35. The second-order valence-electron chi connectivity index (χ2n) is 16.2. The largest absolute Gasteiger partial charge is 0.444 e. The van der Waals surface area contributed by atoms with Gasteiger partial charge in [-0.25, -0.2) is 4.39 Å². The van der Waals surface area contributed by atoms with Crippen LogP contribution in [0.25, 0.3) is 11.6 Å². The monoisotopic (exact) mass is 811 g/mol. The smallest absolute Gasteiger partial charge is 0.307 e. The molecule has 0 saturated heterocycles. The molecule has 322 valence electrons. The fraction of sp³-hybridized carbons (Fsp3) is 0.500. The topological polar surface area (TPSA) is 94.7 Å². The molecule has 0 atom stereocenters. The second-order valence-corrected chi connectivity index (χ2v) is 16.2. The number of halogens is 1. The molecule has 2 aromatic rings. The van der Waals surface area contributed by atoms with E-state index >= 15 is 0 Å². The van der Waals surface area contributed by atoms with Crippen molar-refractivity contribution in [1.82, 2.24) is 15.2 Å². The zero-order valence-electron chi connectivity index (χ0n) is 37.7. The maximum atomic E-state index is 14.5. The van der Waals surface area contributed by atoms with Crippen LogP contribution in [0.3, 0.4) is 0 Å². The second kappa shape index (κ2) is 25.0. The quantitative estimate of drug-likeness (QED) is 0.0476. The Morgan fingerprint density at radius 1 is 0.797 bits per heavy atom. The number of unbranched alkanes of at least 4 members (excludes halogenated alkanes) is 1. The number of H-pyrrole nitrogens is 1. The number of aromatic amines is 1. The number of carbonyl (C=O) groups excluding carboxylic acids is 3. The van der Waals surface area contributed by atoms with Crippen LogP contribution in [-0.2, 0) is 14.3 Å². The predicted octanol–water partition coefficient (Wildman–Crippen LogP) is 11.9. The number of aromatic nitrogens is 1. The Hall–Kier alpha value is -4.76. The number of amides is 2. The first-order valence-electron chi connectivity index (χ1n) is 21.6. The summed E-state index contributed by atoms with van der Waals surface area (Å²) >= 11 is 0. The lowest BCUT2D eigenvalue weighted by Gasteiger charge is -2.18. The van der Waals surface area contributed by atoms with Crippen LogP contribution in [0.1, 0.15) is 152 Å². The van der Waals surface area contributed by atoms with Crippen LogP contribution in [0.15, 0.2) is 76.4 Å². The number of rotatable bonds is 24. The van der Waals surface area contributed by atoms with E-state index in [-0.39, 0.29) is 24.6 Å². The minimum atomic E-state index is -0.486.